The zero-order valence-electron chi connectivity index (χ0n) is 21.5. The average Bonchev–Trinajstić information content (AvgIpc) is 3.18. The van der Waals surface area contributed by atoms with Crippen molar-refractivity contribution in [3.63, 3.8) is 0 Å². The van der Waals surface area contributed by atoms with Gasteiger partial charge in [-0.3, -0.25) is 14.3 Å². The maximum absolute atomic E-state index is 13.9. The lowest BCUT2D eigenvalue weighted by molar-refractivity contribution is -0.134. The molecule has 1 saturated carbocycles. The normalized spacial score (nSPS) is 22.1. The monoisotopic (exact) mass is 464 g/mol. The van der Waals surface area contributed by atoms with Gasteiger partial charge in [-0.1, -0.05) is 77.1 Å². The molecule has 0 radical (unpaired) electrons. The number of aryl methyl sites for hydroxylation is 1. The Morgan fingerprint density at radius 1 is 1.12 bits per heavy atom. The van der Waals surface area contributed by atoms with E-state index in [1.807, 2.05) is 31.2 Å². The quantitative estimate of drug-likeness (QED) is 0.682. The number of carbonyl (C=O) groups excluding carboxylic acids is 2. The van der Waals surface area contributed by atoms with Gasteiger partial charge in [0.1, 0.15) is 11.2 Å². The van der Waals surface area contributed by atoms with Crippen LogP contribution in [0, 0.1) is 6.92 Å². The molecule has 0 saturated heterocycles. The Labute approximate surface area is 204 Å². The average molecular weight is 465 g/mol. The standard InChI is InChI=1S/C28H40N4O2/c1-20-13-11-12-14-21(20)18-31-25(33)23-17-24(27(2,3)4)30-32(23)19-28(31,5)26(34)29-22-15-9-7-6-8-10-16-22/h11-14,17,22H,6-10,15-16,18-19H2,1-5H3,(H,29,34)/t28-/m0/s1. The van der Waals surface area contributed by atoms with Crippen molar-refractivity contribution >= 4 is 11.8 Å². The lowest BCUT2D eigenvalue weighted by Gasteiger charge is -2.44. The molecule has 1 N–H and O–H groups in total. The summed E-state index contributed by atoms with van der Waals surface area (Å²) in [6, 6.07) is 10.2. The van der Waals surface area contributed by atoms with Crippen LogP contribution in [0.25, 0.3) is 0 Å². The van der Waals surface area contributed by atoms with E-state index in [2.05, 4.69) is 39.1 Å². The molecule has 2 amide bonds. The summed E-state index contributed by atoms with van der Waals surface area (Å²) in [5.41, 5.74) is 2.42. The van der Waals surface area contributed by atoms with E-state index in [-0.39, 0.29) is 23.3 Å². The fourth-order valence-electron chi connectivity index (χ4n) is 5.16. The number of hydrogen-bond acceptors (Lipinski definition) is 3. The molecule has 2 aromatic rings. The molecule has 184 valence electrons. The third-order valence-electron chi connectivity index (χ3n) is 7.59. The lowest BCUT2D eigenvalue weighted by atomic mass is 9.90. The highest BCUT2D eigenvalue weighted by molar-refractivity contribution is 5.99. The molecule has 1 fully saturated rings. The molecule has 1 atom stereocenters. The molecule has 6 nitrogen and oxygen atoms in total. The van der Waals surface area contributed by atoms with Gasteiger partial charge in [-0.05, 0) is 43.9 Å². The Morgan fingerprint density at radius 2 is 1.76 bits per heavy atom. The molecule has 4 rings (SSSR count). The van der Waals surface area contributed by atoms with Crippen molar-refractivity contribution in [2.45, 2.75) is 110 Å². The van der Waals surface area contributed by atoms with E-state index in [0.29, 0.717) is 18.8 Å². The van der Waals surface area contributed by atoms with Crippen LogP contribution in [-0.2, 0) is 23.3 Å². The van der Waals surface area contributed by atoms with Crippen molar-refractivity contribution in [1.82, 2.24) is 20.0 Å². The predicted molar refractivity (Wildman–Crippen MR) is 135 cm³/mol. The summed E-state index contributed by atoms with van der Waals surface area (Å²) < 4.78 is 1.76. The number of hydrogen-bond donors (Lipinski definition) is 1. The van der Waals surface area contributed by atoms with Crippen molar-refractivity contribution < 1.29 is 9.59 Å². The van der Waals surface area contributed by atoms with Crippen molar-refractivity contribution in [2.24, 2.45) is 0 Å². The van der Waals surface area contributed by atoms with E-state index in [1.165, 1.54) is 19.3 Å². The number of nitrogens with zero attached hydrogens (tertiary/aromatic N) is 3. The van der Waals surface area contributed by atoms with Gasteiger partial charge in [-0.25, -0.2) is 0 Å². The van der Waals surface area contributed by atoms with E-state index < -0.39 is 5.54 Å². The van der Waals surface area contributed by atoms with Gasteiger partial charge >= 0.3 is 0 Å². The number of benzene rings is 1. The fraction of sp³-hybridized carbons (Fsp3) is 0.607. The first kappa shape index (κ1) is 24.5. The second kappa shape index (κ2) is 9.55. The van der Waals surface area contributed by atoms with Crippen LogP contribution in [0.3, 0.4) is 0 Å². The minimum Gasteiger partial charge on any atom is -0.351 e. The minimum atomic E-state index is -1.02. The smallest absolute Gasteiger partial charge is 0.273 e. The summed E-state index contributed by atoms with van der Waals surface area (Å²) in [6.45, 7) is 11.0. The summed E-state index contributed by atoms with van der Waals surface area (Å²) in [5, 5.41) is 8.11. The topological polar surface area (TPSA) is 67.2 Å². The summed E-state index contributed by atoms with van der Waals surface area (Å²) >= 11 is 0. The summed E-state index contributed by atoms with van der Waals surface area (Å²) in [4.78, 5) is 29.5. The molecular formula is C28H40N4O2. The molecule has 34 heavy (non-hydrogen) atoms. The first-order chi connectivity index (χ1) is 16.1. The third-order valence-corrected chi connectivity index (χ3v) is 7.59. The Kier molecular flexibility index (Phi) is 6.88. The van der Waals surface area contributed by atoms with Gasteiger partial charge in [-0.15, -0.1) is 0 Å². The zero-order chi connectivity index (χ0) is 24.5. The number of nitrogens with one attached hydrogen (secondary N) is 1. The molecule has 1 aliphatic heterocycles. The predicted octanol–water partition coefficient (Wildman–Crippen LogP) is 5.13. The maximum atomic E-state index is 13.9. The first-order valence-corrected chi connectivity index (χ1v) is 12.9. The van der Waals surface area contributed by atoms with Crippen molar-refractivity contribution in [3.8, 4) is 0 Å². The van der Waals surface area contributed by atoms with Crippen LogP contribution in [0.5, 0.6) is 0 Å². The second-order valence-corrected chi connectivity index (χ2v) is 11.4. The van der Waals surface area contributed by atoms with Crippen LogP contribution in [0.15, 0.2) is 30.3 Å². The van der Waals surface area contributed by atoms with E-state index in [9.17, 15) is 9.59 Å². The molecule has 0 spiro atoms. The van der Waals surface area contributed by atoms with Crippen molar-refractivity contribution in [2.75, 3.05) is 0 Å². The Bertz CT molecular complexity index is 1040. The molecule has 1 aromatic carbocycles. The molecule has 2 aliphatic rings. The highest BCUT2D eigenvalue weighted by Crippen LogP contribution is 2.32. The Balaban J connectivity index is 1.69. The molecule has 6 heteroatoms. The van der Waals surface area contributed by atoms with Crippen molar-refractivity contribution in [3.05, 3.63) is 52.8 Å². The third kappa shape index (κ3) is 4.91. The maximum Gasteiger partial charge on any atom is 0.273 e. The Morgan fingerprint density at radius 3 is 2.41 bits per heavy atom. The van der Waals surface area contributed by atoms with Gasteiger partial charge in [0.05, 0.1) is 12.2 Å². The van der Waals surface area contributed by atoms with Gasteiger partial charge < -0.3 is 10.2 Å². The summed E-state index contributed by atoms with van der Waals surface area (Å²) in [5.74, 6) is -0.203. The van der Waals surface area contributed by atoms with Gasteiger partial charge in [0, 0.05) is 18.0 Å². The van der Waals surface area contributed by atoms with Crippen molar-refractivity contribution in [1.29, 1.82) is 0 Å². The summed E-state index contributed by atoms with van der Waals surface area (Å²) in [6.07, 6.45) is 8.05. The number of rotatable bonds is 4. The van der Waals surface area contributed by atoms with Crippen LogP contribution < -0.4 is 5.32 Å². The Hall–Kier alpha value is -2.63. The molecule has 2 heterocycles. The summed E-state index contributed by atoms with van der Waals surface area (Å²) in [7, 11) is 0. The highest BCUT2D eigenvalue weighted by atomic mass is 16.2. The molecule has 1 aromatic heterocycles. The van der Waals surface area contributed by atoms with E-state index in [1.54, 1.807) is 9.58 Å². The molecular weight excluding hydrogens is 424 g/mol. The van der Waals surface area contributed by atoms with Gasteiger partial charge in [-0.2, -0.15) is 5.10 Å². The van der Waals surface area contributed by atoms with Crippen LogP contribution in [0.1, 0.15) is 99.9 Å². The largest absolute Gasteiger partial charge is 0.351 e. The SMILES string of the molecule is Cc1ccccc1CN1C(=O)c2cc(C(C)(C)C)nn2C[C@@]1(C)C(=O)NC1CCCCCCC1. The second-order valence-electron chi connectivity index (χ2n) is 11.4. The van der Waals surface area contributed by atoms with Gasteiger partial charge in [0.25, 0.3) is 5.91 Å². The molecule has 0 bridgehead atoms. The van der Waals surface area contributed by atoms with Crippen LogP contribution >= 0.6 is 0 Å². The van der Waals surface area contributed by atoms with Gasteiger partial charge in [0.15, 0.2) is 0 Å². The first-order valence-electron chi connectivity index (χ1n) is 12.9. The minimum absolute atomic E-state index is 0.0709. The zero-order valence-corrected chi connectivity index (χ0v) is 21.5. The van der Waals surface area contributed by atoms with E-state index in [4.69, 9.17) is 5.10 Å². The van der Waals surface area contributed by atoms with Gasteiger partial charge in [0.2, 0.25) is 5.91 Å². The van der Waals surface area contributed by atoms with E-state index in [0.717, 1.165) is 42.5 Å². The fourth-order valence-corrected chi connectivity index (χ4v) is 5.16. The van der Waals surface area contributed by atoms with Crippen LogP contribution in [0.4, 0.5) is 0 Å². The van der Waals surface area contributed by atoms with Crippen LogP contribution in [-0.4, -0.2) is 38.1 Å². The number of fused-ring (bicyclic) bond motifs is 1. The number of amides is 2. The number of carbonyl (C=O) groups is 2. The number of aromatic nitrogens is 2. The van der Waals surface area contributed by atoms with Crippen LogP contribution in [0.2, 0.25) is 0 Å². The molecule has 1 aliphatic carbocycles. The lowest BCUT2D eigenvalue weighted by Crippen LogP contribution is -2.64. The highest BCUT2D eigenvalue weighted by Gasteiger charge is 2.48. The molecule has 0 unspecified atom stereocenters. The van der Waals surface area contributed by atoms with E-state index >= 15 is 0 Å².